The van der Waals surface area contributed by atoms with E-state index in [4.69, 9.17) is 4.42 Å². The van der Waals surface area contributed by atoms with E-state index in [2.05, 4.69) is 43.6 Å². The molecular formula is C22H25NO2. The van der Waals surface area contributed by atoms with E-state index in [1.807, 2.05) is 31.2 Å². The summed E-state index contributed by atoms with van der Waals surface area (Å²) in [6.07, 6.45) is 2.68. The molecule has 0 amide bonds. The van der Waals surface area contributed by atoms with E-state index in [0.717, 1.165) is 51.9 Å². The summed E-state index contributed by atoms with van der Waals surface area (Å²) in [5.74, 6) is 1.25. The fraction of sp³-hybridized carbons (Fsp3) is 0.273. The Balaban J connectivity index is 2.12. The number of aromatic hydroxyl groups is 1. The van der Waals surface area contributed by atoms with Gasteiger partial charge in [0.05, 0.1) is 0 Å². The Morgan fingerprint density at radius 3 is 2.72 bits per heavy atom. The van der Waals surface area contributed by atoms with Gasteiger partial charge in [-0.05, 0) is 62.3 Å². The summed E-state index contributed by atoms with van der Waals surface area (Å²) in [7, 11) is 2.06. The molecule has 3 nitrogen and oxygen atoms in total. The zero-order valence-electron chi connectivity index (χ0n) is 15.2. The molecule has 0 bridgehead atoms. The average molecular weight is 335 g/mol. The first kappa shape index (κ1) is 17.3. The van der Waals surface area contributed by atoms with Crippen LogP contribution in [0.3, 0.4) is 0 Å². The first-order valence-electron chi connectivity index (χ1n) is 8.66. The molecule has 2 aromatic carbocycles. The largest absolute Gasteiger partial charge is 0.507 e. The molecule has 130 valence electrons. The smallest absolute Gasteiger partial charge is 0.134 e. The molecule has 1 aromatic heterocycles. The summed E-state index contributed by atoms with van der Waals surface area (Å²) in [4.78, 5) is 2.18. The second-order valence-electron chi connectivity index (χ2n) is 6.58. The molecule has 0 unspecified atom stereocenters. The predicted molar refractivity (Wildman–Crippen MR) is 104 cm³/mol. The molecule has 1 heterocycles. The maximum Gasteiger partial charge on any atom is 0.134 e. The Morgan fingerprint density at radius 2 is 2.00 bits per heavy atom. The van der Waals surface area contributed by atoms with Gasteiger partial charge in [-0.25, -0.2) is 0 Å². The monoisotopic (exact) mass is 335 g/mol. The van der Waals surface area contributed by atoms with Crippen LogP contribution in [0.1, 0.15) is 23.8 Å². The van der Waals surface area contributed by atoms with E-state index in [9.17, 15) is 5.11 Å². The standard InChI is InChI=1S/C22H25NO2/c1-5-7-16-11-19(14-23(4)6-2)22(24)20(12-16)17-8-9-21-18(13-17)10-15(3)25-21/h5,8-13,24H,1,6-7,14H2,2-4H3. The normalized spacial score (nSPS) is 11.4. The van der Waals surface area contributed by atoms with Crippen LogP contribution in [0.25, 0.3) is 22.1 Å². The number of phenols is 1. The van der Waals surface area contributed by atoms with Gasteiger partial charge >= 0.3 is 0 Å². The number of rotatable bonds is 6. The highest BCUT2D eigenvalue weighted by Gasteiger charge is 2.14. The van der Waals surface area contributed by atoms with Crippen LogP contribution in [0.5, 0.6) is 5.75 Å². The molecule has 0 radical (unpaired) electrons. The number of hydrogen-bond donors (Lipinski definition) is 1. The number of fused-ring (bicyclic) bond motifs is 1. The Labute approximate surface area is 149 Å². The first-order valence-corrected chi connectivity index (χ1v) is 8.66. The number of nitrogens with zero attached hydrogens (tertiary/aromatic N) is 1. The van der Waals surface area contributed by atoms with E-state index in [1.165, 1.54) is 0 Å². The van der Waals surface area contributed by atoms with Gasteiger partial charge in [0, 0.05) is 23.1 Å². The molecule has 0 saturated carbocycles. The maximum absolute atomic E-state index is 10.9. The predicted octanol–water partition coefficient (Wildman–Crippen LogP) is 5.29. The molecular weight excluding hydrogens is 310 g/mol. The second kappa shape index (κ2) is 7.16. The van der Waals surface area contributed by atoms with Gasteiger partial charge in [0.1, 0.15) is 17.1 Å². The van der Waals surface area contributed by atoms with Crippen LogP contribution >= 0.6 is 0 Å². The lowest BCUT2D eigenvalue weighted by molar-refractivity contribution is 0.337. The third-order valence-corrected chi connectivity index (χ3v) is 4.56. The summed E-state index contributed by atoms with van der Waals surface area (Å²) >= 11 is 0. The third kappa shape index (κ3) is 3.62. The van der Waals surface area contributed by atoms with Crippen molar-refractivity contribution in [2.45, 2.75) is 26.8 Å². The van der Waals surface area contributed by atoms with Crippen LogP contribution in [0, 0.1) is 6.92 Å². The lowest BCUT2D eigenvalue weighted by atomic mass is 9.96. The lowest BCUT2D eigenvalue weighted by Gasteiger charge is -2.18. The Hall–Kier alpha value is -2.52. The molecule has 25 heavy (non-hydrogen) atoms. The van der Waals surface area contributed by atoms with E-state index in [1.54, 1.807) is 0 Å². The van der Waals surface area contributed by atoms with Gasteiger partial charge in [-0.3, -0.25) is 0 Å². The molecule has 0 saturated heterocycles. The summed E-state index contributed by atoms with van der Waals surface area (Å²) in [5, 5.41) is 11.9. The summed E-state index contributed by atoms with van der Waals surface area (Å²) in [5.41, 5.74) is 4.83. The van der Waals surface area contributed by atoms with Crippen molar-refractivity contribution in [3.63, 3.8) is 0 Å². The van der Waals surface area contributed by atoms with Crippen molar-refractivity contribution in [1.29, 1.82) is 0 Å². The van der Waals surface area contributed by atoms with Gasteiger partial charge in [0.15, 0.2) is 0 Å². The molecule has 0 aliphatic carbocycles. The van der Waals surface area contributed by atoms with Crippen molar-refractivity contribution in [2.24, 2.45) is 0 Å². The van der Waals surface area contributed by atoms with E-state index >= 15 is 0 Å². The molecule has 0 spiro atoms. The number of aryl methyl sites for hydroxylation is 1. The summed E-state index contributed by atoms with van der Waals surface area (Å²) < 4.78 is 5.66. The molecule has 3 heteroatoms. The summed E-state index contributed by atoms with van der Waals surface area (Å²) in [6, 6.07) is 12.2. The van der Waals surface area contributed by atoms with E-state index < -0.39 is 0 Å². The third-order valence-electron chi connectivity index (χ3n) is 4.56. The highest BCUT2D eigenvalue weighted by molar-refractivity contribution is 5.86. The van der Waals surface area contributed by atoms with Crippen molar-refractivity contribution in [3.05, 3.63) is 65.9 Å². The Morgan fingerprint density at radius 1 is 1.20 bits per heavy atom. The number of hydrogen-bond acceptors (Lipinski definition) is 3. The molecule has 3 aromatic rings. The van der Waals surface area contributed by atoms with Crippen LogP contribution in [0.4, 0.5) is 0 Å². The first-order chi connectivity index (χ1) is 12.0. The lowest BCUT2D eigenvalue weighted by Crippen LogP contribution is -2.17. The van der Waals surface area contributed by atoms with Crippen molar-refractivity contribution >= 4 is 11.0 Å². The van der Waals surface area contributed by atoms with Gasteiger partial charge in [0.25, 0.3) is 0 Å². The molecule has 3 rings (SSSR count). The average Bonchev–Trinajstić information content (AvgIpc) is 2.96. The molecule has 0 aliphatic heterocycles. The zero-order valence-corrected chi connectivity index (χ0v) is 15.2. The van der Waals surface area contributed by atoms with Crippen LogP contribution in [-0.2, 0) is 13.0 Å². The fourth-order valence-corrected chi connectivity index (χ4v) is 3.13. The number of allylic oxidation sites excluding steroid dienone is 1. The Bertz CT molecular complexity index is 908. The van der Waals surface area contributed by atoms with E-state index in [-0.39, 0.29) is 0 Å². The molecule has 0 atom stereocenters. The minimum Gasteiger partial charge on any atom is -0.507 e. The molecule has 0 aliphatic rings. The van der Waals surface area contributed by atoms with Gasteiger partial charge in [-0.2, -0.15) is 0 Å². The van der Waals surface area contributed by atoms with Gasteiger partial charge in [-0.1, -0.05) is 25.1 Å². The minimum absolute atomic E-state index is 0.354. The quantitative estimate of drug-likeness (QED) is 0.622. The SMILES string of the molecule is C=CCc1cc(CN(C)CC)c(O)c(-c2ccc3oc(C)cc3c2)c1. The highest BCUT2D eigenvalue weighted by Crippen LogP contribution is 2.36. The number of benzene rings is 2. The van der Waals surface area contributed by atoms with E-state index in [0.29, 0.717) is 12.3 Å². The van der Waals surface area contributed by atoms with Gasteiger partial charge in [-0.15, -0.1) is 6.58 Å². The van der Waals surface area contributed by atoms with Crippen molar-refractivity contribution in [1.82, 2.24) is 4.90 Å². The number of phenolic OH excluding ortho intramolecular Hbond substituents is 1. The van der Waals surface area contributed by atoms with Crippen LogP contribution < -0.4 is 0 Å². The Kier molecular flexibility index (Phi) is 4.95. The maximum atomic E-state index is 10.9. The molecule has 1 N–H and O–H groups in total. The summed E-state index contributed by atoms with van der Waals surface area (Å²) in [6.45, 7) is 9.55. The molecule has 0 fully saturated rings. The highest BCUT2D eigenvalue weighted by atomic mass is 16.3. The van der Waals surface area contributed by atoms with Crippen molar-refractivity contribution < 1.29 is 9.52 Å². The van der Waals surface area contributed by atoms with Crippen LogP contribution in [-0.4, -0.2) is 23.6 Å². The second-order valence-corrected chi connectivity index (χ2v) is 6.58. The fourth-order valence-electron chi connectivity index (χ4n) is 3.13. The zero-order chi connectivity index (χ0) is 18.0. The van der Waals surface area contributed by atoms with Crippen molar-refractivity contribution in [3.8, 4) is 16.9 Å². The van der Waals surface area contributed by atoms with Crippen LogP contribution in [0.2, 0.25) is 0 Å². The number of furan rings is 1. The topological polar surface area (TPSA) is 36.6 Å². The van der Waals surface area contributed by atoms with Crippen molar-refractivity contribution in [2.75, 3.05) is 13.6 Å². The van der Waals surface area contributed by atoms with Crippen LogP contribution in [0.15, 0.2) is 53.5 Å². The van der Waals surface area contributed by atoms with Gasteiger partial charge in [0.2, 0.25) is 0 Å². The van der Waals surface area contributed by atoms with Gasteiger partial charge < -0.3 is 14.4 Å². The minimum atomic E-state index is 0.354.